The second-order valence-electron chi connectivity index (χ2n) is 4.60. The average Bonchev–Trinajstić information content (AvgIpc) is 2.47. The molecule has 0 saturated carbocycles. The van der Waals surface area contributed by atoms with Crippen LogP contribution in [0.1, 0.15) is 22.8 Å². The third-order valence-electron chi connectivity index (χ3n) is 3.00. The van der Waals surface area contributed by atoms with Crippen LogP contribution in [0.5, 0.6) is 5.75 Å². The highest BCUT2D eigenvalue weighted by atomic mass is 35.5. The number of ketones is 1. The molecule has 2 aromatic carbocycles. The number of rotatable bonds is 6. The fourth-order valence-corrected chi connectivity index (χ4v) is 2.78. The SMILES string of the molecule is CC(=O)c1ccc(NS(=O)[O-])c(COc2c(Cl)cccc2Cl)c1. The van der Waals surface area contributed by atoms with Crippen molar-refractivity contribution in [3.05, 3.63) is 57.6 Å². The van der Waals surface area contributed by atoms with Crippen molar-refractivity contribution >= 4 is 45.9 Å². The van der Waals surface area contributed by atoms with Gasteiger partial charge >= 0.3 is 0 Å². The van der Waals surface area contributed by atoms with Gasteiger partial charge in [-0.05, 0) is 37.3 Å². The van der Waals surface area contributed by atoms with Crippen LogP contribution in [0.2, 0.25) is 10.0 Å². The molecule has 0 saturated heterocycles. The van der Waals surface area contributed by atoms with Crippen LogP contribution in [0.15, 0.2) is 36.4 Å². The van der Waals surface area contributed by atoms with Crippen molar-refractivity contribution in [2.45, 2.75) is 13.5 Å². The van der Waals surface area contributed by atoms with Crippen molar-refractivity contribution in [1.82, 2.24) is 0 Å². The molecule has 0 fully saturated rings. The van der Waals surface area contributed by atoms with Crippen LogP contribution in [0.25, 0.3) is 0 Å². The Kier molecular flexibility index (Phi) is 6.01. The van der Waals surface area contributed by atoms with Gasteiger partial charge < -0.3 is 14.0 Å². The molecule has 5 nitrogen and oxygen atoms in total. The number of carbonyl (C=O) groups excluding carboxylic acids is 1. The van der Waals surface area contributed by atoms with Crippen LogP contribution in [0.4, 0.5) is 5.69 Å². The maximum Gasteiger partial charge on any atom is 0.159 e. The minimum absolute atomic E-state index is 0.00981. The zero-order valence-electron chi connectivity index (χ0n) is 12.0. The van der Waals surface area contributed by atoms with Gasteiger partial charge in [0.05, 0.1) is 15.7 Å². The van der Waals surface area contributed by atoms with Gasteiger partial charge in [-0.25, -0.2) is 0 Å². The molecule has 0 radical (unpaired) electrons. The zero-order valence-corrected chi connectivity index (χ0v) is 14.3. The fraction of sp³-hybridized carbons (Fsp3) is 0.133. The van der Waals surface area contributed by atoms with E-state index in [9.17, 15) is 13.6 Å². The maximum atomic E-state index is 11.5. The van der Waals surface area contributed by atoms with Crippen molar-refractivity contribution in [3.63, 3.8) is 0 Å². The topological polar surface area (TPSA) is 78.5 Å². The van der Waals surface area contributed by atoms with Gasteiger partial charge in [0, 0.05) is 22.4 Å². The summed E-state index contributed by atoms with van der Waals surface area (Å²) in [4.78, 5) is 11.5. The van der Waals surface area contributed by atoms with E-state index < -0.39 is 11.3 Å². The van der Waals surface area contributed by atoms with Gasteiger partial charge in [-0.2, -0.15) is 0 Å². The fourth-order valence-electron chi connectivity index (χ4n) is 1.89. The van der Waals surface area contributed by atoms with E-state index in [0.29, 0.717) is 32.6 Å². The van der Waals surface area contributed by atoms with E-state index in [-0.39, 0.29) is 12.4 Å². The predicted octanol–water partition coefficient (Wildman–Crippen LogP) is 3.98. The van der Waals surface area contributed by atoms with Gasteiger partial charge in [0.15, 0.2) is 11.5 Å². The summed E-state index contributed by atoms with van der Waals surface area (Å²) in [6.07, 6.45) is 0. The Labute approximate surface area is 146 Å². The number of nitrogens with one attached hydrogen (secondary N) is 1. The Hall–Kier alpha value is -1.60. The molecule has 0 aliphatic rings. The second kappa shape index (κ2) is 7.79. The molecular formula is C15H12Cl2NO4S-. The number of ether oxygens (including phenoxy) is 1. The quantitative estimate of drug-likeness (QED) is 0.614. The van der Waals surface area contributed by atoms with Gasteiger partial charge in [0.25, 0.3) is 0 Å². The van der Waals surface area contributed by atoms with Crippen LogP contribution < -0.4 is 9.46 Å². The highest BCUT2D eigenvalue weighted by Crippen LogP contribution is 2.33. The number of Topliss-reactive ketones (excluding diaryl/α,β-unsaturated/α-hetero) is 1. The van der Waals surface area contributed by atoms with Crippen molar-refractivity contribution in [1.29, 1.82) is 0 Å². The van der Waals surface area contributed by atoms with Crippen molar-refractivity contribution in [2.24, 2.45) is 0 Å². The van der Waals surface area contributed by atoms with Crippen LogP contribution in [0.3, 0.4) is 0 Å². The van der Waals surface area contributed by atoms with Crippen molar-refractivity contribution in [3.8, 4) is 5.75 Å². The molecule has 0 aromatic heterocycles. The molecule has 23 heavy (non-hydrogen) atoms. The lowest BCUT2D eigenvalue weighted by Crippen LogP contribution is -2.08. The lowest BCUT2D eigenvalue weighted by molar-refractivity contribution is 0.101. The lowest BCUT2D eigenvalue weighted by Gasteiger charge is -2.16. The van der Waals surface area contributed by atoms with E-state index in [2.05, 4.69) is 4.72 Å². The summed E-state index contributed by atoms with van der Waals surface area (Å²) in [6.45, 7) is 1.41. The predicted molar refractivity (Wildman–Crippen MR) is 89.8 cm³/mol. The lowest BCUT2D eigenvalue weighted by atomic mass is 10.1. The summed E-state index contributed by atoms with van der Waals surface area (Å²) in [5.41, 5.74) is 1.24. The Bertz CT molecular complexity index is 747. The first-order valence-corrected chi connectivity index (χ1v) is 8.28. The first-order chi connectivity index (χ1) is 10.9. The third-order valence-corrected chi connectivity index (χ3v) is 3.98. The molecule has 0 spiro atoms. The molecule has 0 amide bonds. The molecular weight excluding hydrogens is 361 g/mol. The summed E-state index contributed by atoms with van der Waals surface area (Å²) >= 11 is 9.55. The molecule has 1 N–H and O–H groups in total. The molecule has 0 heterocycles. The van der Waals surface area contributed by atoms with E-state index in [4.69, 9.17) is 27.9 Å². The molecule has 0 aliphatic heterocycles. The maximum absolute atomic E-state index is 11.5. The largest absolute Gasteiger partial charge is 0.755 e. The summed E-state index contributed by atoms with van der Waals surface area (Å²) in [5, 5.41) is 0.671. The number of benzene rings is 2. The van der Waals surface area contributed by atoms with E-state index in [1.807, 2.05) is 0 Å². The van der Waals surface area contributed by atoms with Crippen LogP contribution in [0, 0.1) is 0 Å². The number of halogens is 2. The van der Waals surface area contributed by atoms with Gasteiger partial charge in [-0.15, -0.1) is 0 Å². The summed E-state index contributed by atoms with van der Waals surface area (Å²) in [5.74, 6) is 0.148. The molecule has 1 unspecified atom stereocenters. The molecule has 0 bridgehead atoms. The number of hydrogen-bond acceptors (Lipinski definition) is 4. The van der Waals surface area contributed by atoms with Gasteiger partial charge in [0.1, 0.15) is 6.61 Å². The molecule has 1 atom stereocenters. The summed E-state index contributed by atoms with van der Waals surface area (Å²) < 4.78 is 29.6. The van der Waals surface area contributed by atoms with Crippen molar-refractivity contribution in [2.75, 3.05) is 4.72 Å². The highest BCUT2D eigenvalue weighted by molar-refractivity contribution is 7.80. The number of anilines is 1. The Morgan fingerprint density at radius 3 is 2.48 bits per heavy atom. The van der Waals surface area contributed by atoms with Crippen LogP contribution in [-0.2, 0) is 17.9 Å². The first kappa shape index (κ1) is 17.7. The van der Waals surface area contributed by atoms with E-state index in [0.717, 1.165) is 0 Å². The number of carbonyl (C=O) groups is 1. The smallest absolute Gasteiger partial charge is 0.159 e. The number of hydrogen-bond donors (Lipinski definition) is 1. The monoisotopic (exact) mass is 372 g/mol. The van der Waals surface area contributed by atoms with Gasteiger partial charge in [0.2, 0.25) is 0 Å². The number of para-hydroxylation sites is 1. The third kappa shape index (κ3) is 4.68. The molecule has 8 heteroatoms. The first-order valence-electron chi connectivity index (χ1n) is 6.45. The standard InChI is InChI=1S/C15H13Cl2NO4S/c1-9(19)10-5-6-14(18-23(20)21)11(7-10)8-22-15-12(16)3-2-4-13(15)17/h2-7,18H,8H2,1H3,(H,20,21)/p-1. The molecule has 0 aliphatic carbocycles. The Balaban J connectivity index is 2.31. The normalized spacial score (nSPS) is 11.8. The van der Waals surface area contributed by atoms with E-state index >= 15 is 0 Å². The van der Waals surface area contributed by atoms with Gasteiger partial charge in [-0.1, -0.05) is 29.3 Å². The summed E-state index contributed by atoms with van der Waals surface area (Å²) in [6, 6.07) is 9.52. The zero-order chi connectivity index (χ0) is 17.0. The average molecular weight is 373 g/mol. The van der Waals surface area contributed by atoms with E-state index in [1.54, 1.807) is 24.3 Å². The van der Waals surface area contributed by atoms with E-state index in [1.165, 1.54) is 19.1 Å². The highest BCUT2D eigenvalue weighted by Gasteiger charge is 2.11. The van der Waals surface area contributed by atoms with Crippen molar-refractivity contribution < 1.29 is 18.3 Å². The van der Waals surface area contributed by atoms with Gasteiger partial charge in [-0.3, -0.25) is 9.00 Å². The van der Waals surface area contributed by atoms with Crippen LogP contribution >= 0.6 is 23.2 Å². The van der Waals surface area contributed by atoms with Crippen LogP contribution in [-0.4, -0.2) is 14.5 Å². The Morgan fingerprint density at radius 2 is 1.91 bits per heavy atom. The minimum atomic E-state index is -2.49. The minimum Gasteiger partial charge on any atom is -0.755 e. The Morgan fingerprint density at radius 1 is 1.26 bits per heavy atom. The second-order valence-corrected chi connectivity index (χ2v) is 6.09. The molecule has 2 aromatic rings. The molecule has 2 rings (SSSR count). The molecule has 122 valence electrons. The summed E-state index contributed by atoms with van der Waals surface area (Å²) in [7, 11) is 0.